The van der Waals surface area contributed by atoms with E-state index in [0.29, 0.717) is 27.6 Å². The second kappa shape index (κ2) is 7.84. The van der Waals surface area contributed by atoms with E-state index in [2.05, 4.69) is 9.82 Å². The summed E-state index contributed by atoms with van der Waals surface area (Å²) in [4.78, 5) is -0.639. The molecule has 0 aliphatic heterocycles. The molecule has 166 valence electrons. The molecule has 0 saturated carbocycles. The summed E-state index contributed by atoms with van der Waals surface area (Å²) in [5.74, 6) is -0.0786. The molecule has 0 bridgehead atoms. The van der Waals surface area contributed by atoms with Crippen molar-refractivity contribution in [2.45, 2.75) is 11.1 Å². The monoisotopic (exact) mass is 502 g/mol. The van der Waals surface area contributed by atoms with Gasteiger partial charge in [-0.3, -0.25) is 4.72 Å². The Labute approximate surface area is 189 Å². The van der Waals surface area contributed by atoms with Crippen molar-refractivity contribution in [2.75, 3.05) is 4.72 Å². The van der Waals surface area contributed by atoms with Crippen LogP contribution in [0.5, 0.6) is 0 Å². The van der Waals surface area contributed by atoms with E-state index in [1.807, 2.05) is 0 Å². The van der Waals surface area contributed by atoms with Crippen LogP contribution < -0.4 is 9.45 Å². The van der Waals surface area contributed by atoms with E-state index in [-0.39, 0.29) is 10.8 Å². The molecule has 0 spiro atoms. The van der Waals surface area contributed by atoms with E-state index in [1.54, 1.807) is 12.1 Å². The number of rotatable bonds is 4. The molecule has 4 aromatic rings. The van der Waals surface area contributed by atoms with Gasteiger partial charge in [0.15, 0.2) is 12.4 Å². The summed E-state index contributed by atoms with van der Waals surface area (Å²) in [6.07, 6.45) is -2.28. The summed E-state index contributed by atoms with van der Waals surface area (Å²) in [7, 11) is -4.45. The Morgan fingerprint density at radius 3 is 2.47 bits per heavy atom. The minimum Gasteiger partial charge on any atom is -0.619 e. The molecular weight excluding hydrogens is 492 g/mol. The Morgan fingerprint density at radius 2 is 1.78 bits per heavy atom. The highest BCUT2D eigenvalue weighted by molar-refractivity contribution is 7.92. The van der Waals surface area contributed by atoms with Crippen LogP contribution in [0.15, 0.2) is 65.8 Å². The molecule has 7 nitrogen and oxygen atoms in total. The maximum Gasteiger partial charge on any atom is 0.417 e. The minimum absolute atomic E-state index is 0.0786. The molecule has 3 aromatic heterocycles. The van der Waals surface area contributed by atoms with Crippen LogP contribution >= 0.6 is 23.2 Å². The smallest absolute Gasteiger partial charge is 0.417 e. The molecule has 0 radical (unpaired) electrons. The zero-order valence-corrected chi connectivity index (χ0v) is 18.0. The lowest BCUT2D eigenvalue weighted by atomic mass is 10.2. The van der Waals surface area contributed by atoms with Crippen molar-refractivity contribution >= 4 is 44.6 Å². The Hall–Kier alpha value is -3.02. The molecule has 0 atom stereocenters. The molecular formula is C19H11Cl2F3N4O3S. The first-order valence-electron chi connectivity index (χ1n) is 8.73. The third kappa shape index (κ3) is 4.18. The van der Waals surface area contributed by atoms with Crippen LogP contribution in [0.4, 0.5) is 19.0 Å². The third-order valence-electron chi connectivity index (χ3n) is 4.43. The lowest BCUT2D eigenvalue weighted by Crippen LogP contribution is -2.23. The van der Waals surface area contributed by atoms with Crippen molar-refractivity contribution in [1.29, 1.82) is 0 Å². The average Bonchev–Trinajstić information content (AvgIpc) is 3.16. The van der Waals surface area contributed by atoms with Crippen molar-refractivity contribution in [1.82, 2.24) is 9.61 Å². The second-order valence-corrected chi connectivity index (χ2v) is 9.09. The van der Waals surface area contributed by atoms with Crippen molar-refractivity contribution in [2.24, 2.45) is 0 Å². The maximum atomic E-state index is 13.1. The van der Waals surface area contributed by atoms with E-state index in [9.17, 15) is 26.8 Å². The van der Waals surface area contributed by atoms with Crippen molar-refractivity contribution < 1.29 is 26.3 Å². The summed E-state index contributed by atoms with van der Waals surface area (Å²) >= 11 is 11.8. The lowest BCUT2D eigenvalue weighted by molar-refractivity contribution is -0.604. The van der Waals surface area contributed by atoms with E-state index < -0.39 is 31.7 Å². The Balaban J connectivity index is 1.78. The molecule has 0 saturated heterocycles. The number of aromatic nitrogens is 3. The highest BCUT2D eigenvalue weighted by Crippen LogP contribution is 2.36. The number of anilines is 1. The Kier molecular flexibility index (Phi) is 5.43. The van der Waals surface area contributed by atoms with Gasteiger partial charge in [-0.1, -0.05) is 23.2 Å². The number of halogens is 5. The van der Waals surface area contributed by atoms with Crippen LogP contribution in [-0.4, -0.2) is 18.0 Å². The van der Waals surface area contributed by atoms with Crippen LogP contribution in [0.25, 0.3) is 16.8 Å². The fourth-order valence-corrected chi connectivity index (χ4v) is 4.44. The van der Waals surface area contributed by atoms with Crippen LogP contribution in [0.1, 0.15) is 5.56 Å². The Bertz CT molecular complexity index is 1460. The van der Waals surface area contributed by atoms with E-state index >= 15 is 0 Å². The van der Waals surface area contributed by atoms with Gasteiger partial charge < -0.3 is 5.21 Å². The van der Waals surface area contributed by atoms with Gasteiger partial charge in [0.25, 0.3) is 10.0 Å². The van der Waals surface area contributed by atoms with Gasteiger partial charge in [-0.25, -0.2) is 12.9 Å². The zero-order chi connectivity index (χ0) is 23.3. The number of nitrogens with zero attached hydrogens (tertiary/aromatic N) is 3. The van der Waals surface area contributed by atoms with Gasteiger partial charge in [0, 0.05) is 6.07 Å². The predicted molar refractivity (Wildman–Crippen MR) is 112 cm³/mol. The highest BCUT2D eigenvalue weighted by atomic mass is 35.5. The van der Waals surface area contributed by atoms with Crippen molar-refractivity contribution in [3.8, 4) is 11.3 Å². The maximum absolute atomic E-state index is 13.1. The van der Waals surface area contributed by atoms with E-state index in [4.69, 9.17) is 23.2 Å². The normalized spacial score (nSPS) is 12.3. The lowest BCUT2D eigenvalue weighted by Gasteiger charge is -2.13. The number of hydrogen-bond acceptors (Lipinski definition) is 4. The van der Waals surface area contributed by atoms with Crippen molar-refractivity contribution in [3.05, 3.63) is 81.7 Å². The van der Waals surface area contributed by atoms with Gasteiger partial charge in [-0.2, -0.15) is 23.0 Å². The first-order chi connectivity index (χ1) is 15.0. The van der Waals surface area contributed by atoms with Crippen LogP contribution in [0.2, 0.25) is 10.0 Å². The molecule has 32 heavy (non-hydrogen) atoms. The summed E-state index contributed by atoms with van der Waals surface area (Å²) in [6, 6.07) is 9.65. The SMILES string of the molecule is O=S(=O)(Nc1ccc(Cl)c2cc(-c3ccc[n+]([O-])c3)nn12)c1ccc(Cl)c(C(F)(F)F)c1. The molecule has 0 unspecified atom stereocenters. The Morgan fingerprint density at radius 1 is 1.06 bits per heavy atom. The van der Waals surface area contributed by atoms with Crippen LogP contribution in [0, 0.1) is 5.21 Å². The molecule has 1 N–H and O–H groups in total. The number of benzene rings is 1. The van der Waals surface area contributed by atoms with Crippen molar-refractivity contribution in [3.63, 3.8) is 0 Å². The number of fused-ring (bicyclic) bond motifs is 1. The molecule has 1 aromatic carbocycles. The van der Waals surface area contributed by atoms with E-state index in [0.717, 1.165) is 12.1 Å². The van der Waals surface area contributed by atoms with Crippen LogP contribution in [-0.2, 0) is 16.2 Å². The van der Waals surface area contributed by atoms with Gasteiger partial charge in [0.05, 0.1) is 37.3 Å². The summed E-state index contributed by atoms with van der Waals surface area (Å²) in [5.41, 5.74) is -0.187. The number of hydrogen-bond donors (Lipinski definition) is 1. The highest BCUT2D eigenvalue weighted by Gasteiger charge is 2.34. The third-order valence-corrected chi connectivity index (χ3v) is 6.43. The molecule has 4 rings (SSSR count). The largest absolute Gasteiger partial charge is 0.619 e. The number of nitrogens with one attached hydrogen (secondary N) is 1. The quantitative estimate of drug-likeness (QED) is 0.321. The second-order valence-electron chi connectivity index (χ2n) is 6.59. The number of sulfonamides is 1. The molecule has 0 aliphatic carbocycles. The molecule has 13 heteroatoms. The van der Waals surface area contributed by atoms with Gasteiger partial charge >= 0.3 is 6.18 Å². The summed E-state index contributed by atoms with van der Waals surface area (Å²) < 4.78 is 69.0. The van der Waals surface area contributed by atoms with Gasteiger partial charge in [-0.05, 0) is 42.5 Å². The minimum atomic E-state index is -4.83. The van der Waals surface area contributed by atoms with Gasteiger partial charge in [0.2, 0.25) is 0 Å². The van der Waals surface area contributed by atoms with Gasteiger partial charge in [-0.15, -0.1) is 0 Å². The van der Waals surface area contributed by atoms with E-state index in [1.165, 1.54) is 35.1 Å². The predicted octanol–water partition coefficient (Wildman–Crippen LogP) is 4.76. The molecule has 3 heterocycles. The number of alkyl halides is 3. The average molecular weight is 503 g/mol. The molecule has 0 fully saturated rings. The molecule has 0 amide bonds. The zero-order valence-electron chi connectivity index (χ0n) is 15.6. The summed E-state index contributed by atoms with van der Waals surface area (Å²) in [5, 5.41) is 15.5. The first kappa shape index (κ1) is 22.2. The van der Waals surface area contributed by atoms with Crippen LogP contribution in [0.3, 0.4) is 0 Å². The fourth-order valence-electron chi connectivity index (χ4n) is 2.95. The first-order valence-corrected chi connectivity index (χ1v) is 11.0. The topological polar surface area (TPSA) is 90.4 Å². The number of pyridine rings is 2. The summed E-state index contributed by atoms with van der Waals surface area (Å²) in [6.45, 7) is 0. The van der Waals surface area contributed by atoms with Gasteiger partial charge in [0.1, 0.15) is 5.82 Å². The fraction of sp³-hybridized carbons (Fsp3) is 0.0526. The standard InChI is InChI=1S/C19H11Cl2F3N4O3S/c20-14-4-3-12(8-13(14)19(22,23)24)32(30,31)26-18-6-5-15(21)17-9-16(25-28(17)18)11-2-1-7-27(29)10-11/h1-10,26H. The molecule has 0 aliphatic rings.